The van der Waals surface area contributed by atoms with Crippen molar-refractivity contribution in [2.75, 3.05) is 19.1 Å². The lowest BCUT2D eigenvalue weighted by atomic mass is 9.68. The molecule has 3 fully saturated rings. The van der Waals surface area contributed by atoms with E-state index < -0.39 is 0 Å². The van der Waals surface area contributed by atoms with Gasteiger partial charge in [0.05, 0.1) is 36.8 Å². The summed E-state index contributed by atoms with van der Waals surface area (Å²) >= 11 is 2.95. The van der Waals surface area contributed by atoms with Crippen LogP contribution < -0.4 is 19.2 Å². The maximum Gasteiger partial charge on any atom is 0.305 e. The minimum absolute atomic E-state index is 0.0581. The molecular formula is C28H26N2O5S2. The molecule has 0 radical (unpaired) electrons. The third kappa shape index (κ3) is 3.16. The highest BCUT2D eigenvalue weighted by molar-refractivity contribution is 8.00. The van der Waals surface area contributed by atoms with Gasteiger partial charge in [0.2, 0.25) is 11.8 Å². The van der Waals surface area contributed by atoms with E-state index in [1.54, 1.807) is 26.0 Å². The number of nitrogens with zero attached hydrogens (tertiary/aromatic N) is 1. The Morgan fingerprint density at radius 1 is 0.919 bits per heavy atom. The molecule has 1 saturated heterocycles. The summed E-state index contributed by atoms with van der Waals surface area (Å²) in [7, 11) is 3.23. The molecule has 1 aromatic heterocycles. The number of nitrogens with one attached hydrogen (secondary N) is 1. The number of amides is 2. The summed E-state index contributed by atoms with van der Waals surface area (Å²) < 4.78 is 11.1. The number of thioether (sulfide) groups is 1. The number of anilines is 1. The summed E-state index contributed by atoms with van der Waals surface area (Å²) in [6.07, 6.45) is 0.861. The summed E-state index contributed by atoms with van der Waals surface area (Å²) in [5, 5.41) is 1.05. The number of rotatable bonds is 4. The van der Waals surface area contributed by atoms with E-state index in [-0.39, 0.29) is 57.4 Å². The van der Waals surface area contributed by atoms with E-state index in [1.807, 2.05) is 49.4 Å². The molecule has 4 aliphatic rings. The van der Waals surface area contributed by atoms with E-state index in [0.29, 0.717) is 17.2 Å². The molecule has 7 atom stereocenters. The van der Waals surface area contributed by atoms with E-state index in [2.05, 4.69) is 4.98 Å². The predicted octanol–water partition coefficient (Wildman–Crippen LogP) is 4.44. The topological polar surface area (TPSA) is 88.7 Å². The van der Waals surface area contributed by atoms with Crippen molar-refractivity contribution in [1.82, 2.24) is 4.98 Å². The van der Waals surface area contributed by atoms with Crippen LogP contribution in [0.2, 0.25) is 0 Å². The Morgan fingerprint density at radius 2 is 1.62 bits per heavy atom. The molecule has 190 valence electrons. The van der Waals surface area contributed by atoms with Gasteiger partial charge in [-0.2, -0.15) is 0 Å². The molecular weight excluding hydrogens is 508 g/mol. The number of benzene rings is 2. The number of H-pyrrole nitrogens is 1. The number of methoxy groups -OCH3 is 2. The van der Waals surface area contributed by atoms with Gasteiger partial charge in [0.25, 0.3) is 0 Å². The fourth-order valence-electron chi connectivity index (χ4n) is 7.38. The lowest BCUT2D eigenvalue weighted by Crippen LogP contribution is -2.42. The van der Waals surface area contributed by atoms with Gasteiger partial charge < -0.3 is 14.5 Å². The normalized spacial score (nSPS) is 31.3. The maximum absolute atomic E-state index is 13.8. The van der Waals surface area contributed by atoms with Crippen LogP contribution in [0.4, 0.5) is 5.69 Å². The molecule has 0 unspecified atom stereocenters. The van der Waals surface area contributed by atoms with Crippen LogP contribution in [0.1, 0.15) is 28.3 Å². The van der Waals surface area contributed by atoms with Gasteiger partial charge in [0, 0.05) is 16.0 Å². The Morgan fingerprint density at radius 3 is 2.32 bits per heavy atom. The lowest BCUT2D eigenvalue weighted by molar-refractivity contribution is -0.123. The van der Waals surface area contributed by atoms with Crippen molar-refractivity contribution in [2.24, 2.45) is 29.6 Å². The van der Waals surface area contributed by atoms with Gasteiger partial charge in [0.15, 0.2) is 11.5 Å². The molecule has 1 N–H and O–H groups in total. The number of imide groups is 1. The highest BCUT2D eigenvalue weighted by atomic mass is 32.2. The van der Waals surface area contributed by atoms with Crippen LogP contribution in [0, 0.1) is 36.5 Å². The number of hydrogen-bond donors (Lipinski definition) is 1. The maximum atomic E-state index is 13.8. The number of ether oxygens (including phenoxy) is 2. The zero-order valence-electron chi connectivity index (χ0n) is 20.6. The average Bonchev–Trinajstić information content (AvgIpc) is 3.63. The Hall–Kier alpha value is -3.04. The predicted molar refractivity (Wildman–Crippen MR) is 142 cm³/mol. The number of hydrogen-bond acceptors (Lipinski definition) is 7. The van der Waals surface area contributed by atoms with Crippen LogP contribution in [0.25, 0.3) is 0 Å². The van der Waals surface area contributed by atoms with Crippen molar-refractivity contribution in [3.05, 3.63) is 68.1 Å². The standard InChI is InChI=1S/C28H26N2O5S2/c1-12-4-7-14(8-5-12)30-26(31)21-15-11-16(22(21)27(30)32)23-20(15)19(24-25(36-23)29-28(33)37-24)13-6-9-17(34-2)18(10-13)35-3/h4-10,15-16,19-23H,11H2,1-3H3,(H,29,33)/t15-,16-,19-,20-,21+,22-,23+/m0/s1. The first-order chi connectivity index (χ1) is 17.9. The molecule has 2 bridgehead atoms. The van der Waals surface area contributed by atoms with Crippen LogP contribution >= 0.6 is 23.1 Å². The third-order valence-corrected chi connectivity index (χ3v) is 11.4. The van der Waals surface area contributed by atoms with E-state index >= 15 is 0 Å². The van der Waals surface area contributed by atoms with Crippen molar-refractivity contribution < 1.29 is 19.1 Å². The number of aromatic amines is 1. The van der Waals surface area contributed by atoms with Crippen LogP contribution in [0.15, 0.2) is 52.3 Å². The summed E-state index contributed by atoms with van der Waals surface area (Å²) in [5.41, 5.74) is 2.79. The number of carbonyl (C=O) groups excluding carboxylic acids is 2. The largest absolute Gasteiger partial charge is 0.493 e. The van der Waals surface area contributed by atoms with E-state index in [4.69, 9.17) is 9.47 Å². The SMILES string of the molecule is COc1ccc([C@@H]2c3sc(=O)[nH]c3S[C@@H]3[C@H]4C[C@H]([C@H]5C(=O)N(c6ccc(C)cc6)C(=O)[C@@H]45)[C@@H]23)cc1OC. The summed E-state index contributed by atoms with van der Waals surface area (Å²) in [5.74, 6) is 0.767. The smallest absolute Gasteiger partial charge is 0.305 e. The summed E-state index contributed by atoms with van der Waals surface area (Å²) in [6, 6.07) is 13.5. The molecule has 3 heterocycles. The van der Waals surface area contributed by atoms with Gasteiger partial charge in [-0.3, -0.25) is 19.3 Å². The van der Waals surface area contributed by atoms with Crippen molar-refractivity contribution in [3.8, 4) is 11.5 Å². The second-order valence-electron chi connectivity index (χ2n) is 10.4. The van der Waals surface area contributed by atoms with Crippen LogP contribution in [-0.4, -0.2) is 36.3 Å². The van der Waals surface area contributed by atoms with Gasteiger partial charge in [0.1, 0.15) is 0 Å². The van der Waals surface area contributed by atoms with Crippen molar-refractivity contribution >= 4 is 40.6 Å². The highest BCUT2D eigenvalue weighted by Crippen LogP contribution is 2.68. The molecule has 2 saturated carbocycles. The van der Waals surface area contributed by atoms with Gasteiger partial charge in [-0.25, -0.2) is 0 Å². The quantitative estimate of drug-likeness (QED) is 0.498. The van der Waals surface area contributed by atoms with Gasteiger partial charge >= 0.3 is 4.87 Å². The fraction of sp³-hybridized carbons (Fsp3) is 0.393. The van der Waals surface area contributed by atoms with Gasteiger partial charge in [-0.05, 0) is 60.9 Å². The average molecular weight is 535 g/mol. The van der Waals surface area contributed by atoms with E-state index in [9.17, 15) is 14.4 Å². The Bertz CT molecular complexity index is 1490. The van der Waals surface area contributed by atoms with E-state index in [1.165, 1.54) is 16.2 Å². The molecule has 2 aliphatic carbocycles. The first-order valence-electron chi connectivity index (χ1n) is 12.5. The first-order valence-corrected chi connectivity index (χ1v) is 14.2. The molecule has 3 aromatic rings. The fourth-order valence-corrected chi connectivity index (χ4v) is 10.3. The third-order valence-electron chi connectivity index (χ3n) is 8.78. The molecule has 0 spiro atoms. The first kappa shape index (κ1) is 23.1. The van der Waals surface area contributed by atoms with Crippen LogP contribution in [0.5, 0.6) is 11.5 Å². The van der Waals surface area contributed by atoms with E-state index in [0.717, 1.165) is 27.5 Å². The number of fused-ring (bicyclic) bond motifs is 9. The van der Waals surface area contributed by atoms with Crippen molar-refractivity contribution in [3.63, 3.8) is 0 Å². The number of aryl methyl sites for hydroxylation is 1. The Balaban J connectivity index is 1.32. The summed E-state index contributed by atoms with van der Waals surface area (Å²) in [6.45, 7) is 1.99. The van der Waals surface area contributed by atoms with Gasteiger partial charge in [-0.1, -0.05) is 35.1 Å². The zero-order chi connectivity index (χ0) is 25.6. The highest BCUT2D eigenvalue weighted by Gasteiger charge is 2.69. The van der Waals surface area contributed by atoms with Gasteiger partial charge in [-0.15, -0.1) is 11.8 Å². The number of carbonyl (C=O) groups is 2. The van der Waals surface area contributed by atoms with Crippen LogP contribution in [-0.2, 0) is 9.59 Å². The monoisotopic (exact) mass is 534 g/mol. The summed E-state index contributed by atoms with van der Waals surface area (Å²) in [4.78, 5) is 45.4. The minimum Gasteiger partial charge on any atom is -0.493 e. The minimum atomic E-state index is -0.319. The second kappa shape index (κ2) is 8.23. The number of thiazole rings is 1. The Kier molecular flexibility index (Phi) is 5.14. The van der Waals surface area contributed by atoms with Crippen molar-refractivity contribution in [2.45, 2.75) is 29.5 Å². The molecule has 2 amide bonds. The molecule has 37 heavy (non-hydrogen) atoms. The molecule has 7 nitrogen and oxygen atoms in total. The lowest BCUT2D eigenvalue weighted by Gasteiger charge is -2.43. The second-order valence-corrected chi connectivity index (χ2v) is 12.6. The zero-order valence-corrected chi connectivity index (χ0v) is 22.2. The molecule has 2 aromatic carbocycles. The van der Waals surface area contributed by atoms with Crippen molar-refractivity contribution in [1.29, 1.82) is 0 Å². The molecule has 7 rings (SSSR count). The van der Waals surface area contributed by atoms with Crippen LogP contribution in [0.3, 0.4) is 0 Å². The molecule has 9 heteroatoms. The molecule has 2 aliphatic heterocycles. The Labute approximate surface area is 222 Å². The number of aromatic nitrogens is 1.